The van der Waals surface area contributed by atoms with Crippen LogP contribution in [0, 0.1) is 0 Å². The Morgan fingerprint density at radius 3 is 2.44 bits per heavy atom. The summed E-state index contributed by atoms with van der Waals surface area (Å²) < 4.78 is 13.1. The van der Waals surface area contributed by atoms with E-state index in [-0.39, 0.29) is 11.1 Å². The van der Waals surface area contributed by atoms with Crippen molar-refractivity contribution in [3.63, 3.8) is 0 Å². The number of carbonyl (C=O) groups excluding carboxylic acids is 2. The maximum Gasteiger partial charge on any atom is 0.298 e. The van der Waals surface area contributed by atoms with Crippen LogP contribution in [0.3, 0.4) is 0 Å². The highest BCUT2D eigenvalue weighted by Gasteiger charge is 2.36. The molecular weight excluding hydrogens is 562 g/mol. The van der Waals surface area contributed by atoms with Gasteiger partial charge >= 0.3 is 0 Å². The van der Waals surface area contributed by atoms with Gasteiger partial charge in [-0.25, -0.2) is 4.90 Å². The zero-order valence-corrected chi connectivity index (χ0v) is 22.7. The van der Waals surface area contributed by atoms with E-state index in [9.17, 15) is 9.59 Å². The fraction of sp³-hybridized carbons (Fsp3) is 0.143. The van der Waals surface area contributed by atoms with Crippen LogP contribution in [0.2, 0.25) is 5.02 Å². The number of allylic oxidation sites excluding steroid dienone is 1. The first-order valence-electron chi connectivity index (χ1n) is 11.2. The summed E-state index contributed by atoms with van der Waals surface area (Å²) in [6.45, 7) is 6.58. The van der Waals surface area contributed by atoms with E-state index in [0.717, 1.165) is 37.8 Å². The summed E-state index contributed by atoms with van der Waals surface area (Å²) in [5, 5.41) is 0.168. The molecule has 1 aliphatic heterocycles. The van der Waals surface area contributed by atoms with Gasteiger partial charge in [0.05, 0.1) is 17.2 Å². The molecule has 184 valence electrons. The van der Waals surface area contributed by atoms with Gasteiger partial charge in [-0.15, -0.1) is 6.58 Å². The number of rotatable bonds is 9. The molecule has 0 saturated carbocycles. The van der Waals surface area contributed by atoms with E-state index in [4.69, 9.17) is 21.1 Å². The molecule has 0 unspecified atom stereocenters. The van der Waals surface area contributed by atoms with Crippen LogP contribution >= 0.6 is 39.3 Å². The summed E-state index contributed by atoms with van der Waals surface area (Å²) >= 11 is 10.3. The van der Waals surface area contributed by atoms with E-state index >= 15 is 0 Å². The first kappa shape index (κ1) is 26.1. The standard InChI is InChI=1S/C28H23BrClNO4S/c1-3-5-20-14-19(15-24(34-4-2)26(20)35-17-18-6-8-21(29)9-7-18)16-25-27(32)31(28(33)36-25)23-12-10-22(30)11-13-23/h3,6-16H,1,4-5,17H2,2H3/b25-16+. The molecule has 0 atom stereocenters. The van der Waals surface area contributed by atoms with E-state index in [1.807, 2.05) is 43.3 Å². The number of hydrogen-bond donors (Lipinski definition) is 0. The molecule has 0 spiro atoms. The highest BCUT2D eigenvalue weighted by Crippen LogP contribution is 2.39. The van der Waals surface area contributed by atoms with Gasteiger partial charge in [0.2, 0.25) is 0 Å². The van der Waals surface area contributed by atoms with Crippen LogP contribution in [0.15, 0.2) is 82.7 Å². The van der Waals surface area contributed by atoms with Crippen LogP contribution in [-0.4, -0.2) is 17.8 Å². The third-order valence-electron chi connectivity index (χ3n) is 5.29. The molecule has 36 heavy (non-hydrogen) atoms. The van der Waals surface area contributed by atoms with Gasteiger partial charge in [0.25, 0.3) is 11.1 Å². The van der Waals surface area contributed by atoms with E-state index in [1.165, 1.54) is 0 Å². The first-order valence-corrected chi connectivity index (χ1v) is 13.2. The Balaban J connectivity index is 1.65. The maximum absolute atomic E-state index is 13.1. The largest absolute Gasteiger partial charge is 0.490 e. The Hall–Kier alpha value is -3.00. The van der Waals surface area contributed by atoms with Crippen LogP contribution in [0.1, 0.15) is 23.6 Å². The Morgan fingerprint density at radius 2 is 1.78 bits per heavy atom. The summed E-state index contributed by atoms with van der Waals surface area (Å²) in [6.07, 6.45) is 4.04. The first-order chi connectivity index (χ1) is 17.4. The van der Waals surface area contributed by atoms with E-state index in [1.54, 1.807) is 36.4 Å². The van der Waals surface area contributed by atoms with Crippen molar-refractivity contribution in [2.24, 2.45) is 0 Å². The molecule has 0 aliphatic carbocycles. The van der Waals surface area contributed by atoms with Crippen LogP contribution in [-0.2, 0) is 17.8 Å². The molecule has 0 radical (unpaired) electrons. The van der Waals surface area contributed by atoms with Crippen molar-refractivity contribution in [2.45, 2.75) is 20.0 Å². The van der Waals surface area contributed by atoms with E-state index in [2.05, 4.69) is 22.5 Å². The van der Waals surface area contributed by atoms with Gasteiger partial charge in [0.1, 0.15) is 6.61 Å². The second-order valence-electron chi connectivity index (χ2n) is 7.84. The number of amides is 2. The Morgan fingerprint density at radius 1 is 1.06 bits per heavy atom. The fourth-order valence-electron chi connectivity index (χ4n) is 3.67. The number of anilines is 1. The van der Waals surface area contributed by atoms with Crippen molar-refractivity contribution in [1.29, 1.82) is 0 Å². The molecule has 0 bridgehead atoms. The molecule has 0 aromatic heterocycles. The van der Waals surface area contributed by atoms with Crippen LogP contribution < -0.4 is 14.4 Å². The van der Waals surface area contributed by atoms with Crippen molar-refractivity contribution < 1.29 is 19.1 Å². The third kappa shape index (κ3) is 6.03. The van der Waals surface area contributed by atoms with Crippen molar-refractivity contribution in [2.75, 3.05) is 11.5 Å². The molecule has 3 aromatic carbocycles. The summed E-state index contributed by atoms with van der Waals surface area (Å²) in [5.41, 5.74) is 3.10. The Bertz CT molecular complexity index is 1320. The summed E-state index contributed by atoms with van der Waals surface area (Å²) in [5.74, 6) is 0.814. The second kappa shape index (κ2) is 11.8. The zero-order valence-electron chi connectivity index (χ0n) is 19.5. The summed E-state index contributed by atoms with van der Waals surface area (Å²) in [6, 6.07) is 18.2. The molecule has 3 aromatic rings. The third-order valence-corrected chi connectivity index (χ3v) is 6.94. The minimum Gasteiger partial charge on any atom is -0.490 e. The minimum absolute atomic E-state index is 0.325. The molecule has 1 saturated heterocycles. The van der Waals surface area contributed by atoms with Crippen LogP contribution in [0.5, 0.6) is 11.5 Å². The lowest BCUT2D eigenvalue weighted by Gasteiger charge is -2.17. The van der Waals surface area contributed by atoms with Crippen molar-refractivity contribution in [3.8, 4) is 11.5 Å². The molecule has 4 rings (SSSR count). The van der Waals surface area contributed by atoms with Gasteiger partial charge in [0.15, 0.2) is 11.5 Å². The van der Waals surface area contributed by atoms with Gasteiger partial charge in [-0.1, -0.05) is 45.7 Å². The Kier molecular flexibility index (Phi) is 8.56. The Labute approximate surface area is 227 Å². The lowest BCUT2D eigenvalue weighted by atomic mass is 10.0. The van der Waals surface area contributed by atoms with Crippen LogP contribution in [0.4, 0.5) is 10.5 Å². The average Bonchev–Trinajstić information content (AvgIpc) is 3.13. The van der Waals surface area contributed by atoms with Gasteiger partial charge < -0.3 is 9.47 Å². The average molecular weight is 585 g/mol. The molecule has 0 N–H and O–H groups in total. The molecule has 8 heteroatoms. The number of imide groups is 1. The van der Waals surface area contributed by atoms with Crippen molar-refractivity contribution in [1.82, 2.24) is 0 Å². The van der Waals surface area contributed by atoms with Gasteiger partial charge in [-0.2, -0.15) is 0 Å². The lowest BCUT2D eigenvalue weighted by Crippen LogP contribution is -2.27. The quantitative estimate of drug-likeness (QED) is 0.188. The lowest BCUT2D eigenvalue weighted by molar-refractivity contribution is -0.113. The summed E-state index contributed by atoms with van der Waals surface area (Å²) in [4.78, 5) is 27.2. The predicted octanol–water partition coefficient (Wildman–Crippen LogP) is 8.05. The minimum atomic E-state index is -0.383. The van der Waals surface area contributed by atoms with Gasteiger partial charge in [-0.05, 0) is 90.8 Å². The topological polar surface area (TPSA) is 55.8 Å². The second-order valence-corrected chi connectivity index (χ2v) is 10.2. The molecule has 2 amide bonds. The van der Waals surface area contributed by atoms with Gasteiger partial charge in [-0.3, -0.25) is 9.59 Å². The number of thioether (sulfide) groups is 1. The monoisotopic (exact) mass is 583 g/mol. The number of nitrogens with zero attached hydrogens (tertiary/aromatic N) is 1. The molecule has 1 heterocycles. The molecular formula is C28H23BrClNO4S. The smallest absolute Gasteiger partial charge is 0.298 e. The molecule has 1 fully saturated rings. The van der Waals surface area contributed by atoms with Gasteiger partial charge in [0, 0.05) is 15.1 Å². The highest BCUT2D eigenvalue weighted by molar-refractivity contribution is 9.10. The fourth-order valence-corrected chi connectivity index (χ4v) is 4.90. The number of benzene rings is 3. The number of carbonyl (C=O) groups is 2. The SMILES string of the molecule is C=CCc1cc(/C=C2/SC(=O)N(c3ccc(Cl)cc3)C2=O)cc(OCC)c1OCc1ccc(Br)cc1. The maximum atomic E-state index is 13.1. The number of ether oxygens (including phenoxy) is 2. The van der Waals surface area contributed by atoms with Crippen molar-refractivity contribution in [3.05, 3.63) is 104 Å². The van der Waals surface area contributed by atoms with E-state index < -0.39 is 0 Å². The van der Waals surface area contributed by atoms with Crippen molar-refractivity contribution >= 4 is 62.2 Å². The van der Waals surface area contributed by atoms with E-state index in [0.29, 0.717) is 46.7 Å². The number of halogens is 2. The van der Waals surface area contributed by atoms with Crippen LogP contribution in [0.25, 0.3) is 6.08 Å². The zero-order chi connectivity index (χ0) is 25.7. The molecule has 1 aliphatic rings. The molecule has 5 nitrogen and oxygen atoms in total. The number of hydrogen-bond acceptors (Lipinski definition) is 5. The summed E-state index contributed by atoms with van der Waals surface area (Å²) in [7, 11) is 0. The normalized spacial score (nSPS) is 14.4. The highest BCUT2D eigenvalue weighted by atomic mass is 79.9. The predicted molar refractivity (Wildman–Crippen MR) is 150 cm³/mol.